The van der Waals surface area contributed by atoms with Crippen molar-refractivity contribution >= 4 is 12.6 Å². The fraction of sp³-hybridized carbons (Fsp3) is 0.125. The molecule has 0 atom stereocenters. The summed E-state index contributed by atoms with van der Waals surface area (Å²) in [5, 5.41) is 8.39. The van der Waals surface area contributed by atoms with Gasteiger partial charge in [-0.25, -0.2) is 13.2 Å². The van der Waals surface area contributed by atoms with Gasteiger partial charge in [-0.3, -0.25) is 0 Å². The molecule has 0 saturated heterocycles. The Bertz CT molecular complexity index is 380. The standard InChI is InChI=1S/C8H3F3NS/c1-3-5(9)7(11)6(10)4(2-12)8(3)13/h1H3. The van der Waals surface area contributed by atoms with Crippen molar-refractivity contribution in [2.75, 3.05) is 0 Å². The lowest BCUT2D eigenvalue weighted by Gasteiger charge is -2.04. The first-order valence-corrected chi connectivity index (χ1v) is 3.65. The normalized spacial score (nSPS) is 9.77. The molecule has 0 amide bonds. The lowest BCUT2D eigenvalue weighted by molar-refractivity contribution is 0.437. The first-order chi connectivity index (χ1) is 6.00. The SMILES string of the molecule is Cc1c(F)c(F)c(F)c(C#N)c1[S]. The third kappa shape index (κ3) is 1.33. The topological polar surface area (TPSA) is 23.8 Å². The van der Waals surface area contributed by atoms with Gasteiger partial charge < -0.3 is 0 Å². The van der Waals surface area contributed by atoms with Gasteiger partial charge in [0, 0.05) is 5.56 Å². The quantitative estimate of drug-likeness (QED) is 0.593. The molecule has 1 radical (unpaired) electrons. The maximum atomic E-state index is 12.8. The highest BCUT2D eigenvalue weighted by Gasteiger charge is 2.21. The molecular weight excluding hydrogens is 199 g/mol. The maximum absolute atomic E-state index is 12.8. The minimum Gasteiger partial charge on any atom is -0.203 e. The summed E-state index contributed by atoms with van der Waals surface area (Å²) in [5.74, 6) is -4.50. The molecule has 0 heterocycles. The molecule has 0 aromatic heterocycles. The van der Waals surface area contributed by atoms with Crippen LogP contribution in [0.5, 0.6) is 0 Å². The molecule has 0 spiro atoms. The van der Waals surface area contributed by atoms with Gasteiger partial charge in [0.2, 0.25) is 0 Å². The van der Waals surface area contributed by atoms with E-state index in [2.05, 4.69) is 12.6 Å². The summed E-state index contributed by atoms with van der Waals surface area (Å²) in [5.41, 5.74) is -0.836. The average molecular weight is 202 g/mol. The first-order valence-electron chi connectivity index (χ1n) is 3.24. The lowest BCUT2D eigenvalue weighted by Crippen LogP contribution is -2.00. The lowest BCUT2D eigenvalue weighted by atomic mass is 10.1. The van der Waals surface area contributed by atoms with Crippen molar-refractivity contribution < 1.29 is 13.2 Å². The predicted molar refractivity (Wildman–Crippen MR) is 41.6 cm³/mol. The molecule has 0 aliphatic carbocycles. The van der Waals surface area contributed by atoms with Gasteiger partial charge in [-0.05, 0) is 6.92 Å². The number of rotatable bonds is 0. The van der Waals surface area contributed by atoms with Crippen LogP contribution >= 0.6 is 12.6 Å². The van der Waals surface area contributed by atoms with E-state index in [0.29, 0.717) is 0 Å². The summed E-state index contributed by atoms with van der Waals surface area (Å²) in [7, 11) is 0. The zero-order valence-electron chi connectivity index (χ0n) is 6.49. The van der Waals surface area contributed by atoms with E-state index >= 15 is 0 Å². The van der Waals surface area contributed by atoms with Crippen LogP contribution in [0.15, 0.2) is 4.90 Å². The van der Waals surface area contributed by atoms with Crippen molar-refractivity contribution in [3.05, 3.63) is 28.6 Å². The Labute approximate surface area is 78.2 Å². The Morgan fingerprint density at radius 2 is 1.69 bits per heavy atom. The molecule has 1 nitrogen and oxygen atoms in total. The number of halogens is 3. The van der Waals surface area contributed by atoms with Gasteiger partial charge in [-0.15, -0.1) is 0 Å². The Kier molecular flexibility index (Phi) is 2.43. The van der Waals surface area contributed by atoms with E-state index in [-0.39, 0.29) is 10.5 Å². The Morgan fingerprint density at radius 3 is 2.15 bits per heavy atom. The van der Waals surface area contributed by atoms with Crippen molar-refractivity contribution in [2.45, 2.75) is 11.8 Å². The number of benzene rings is 1. The predicted octanol–water partition coefficient (Wildman–Crippen LogP) is 2.84. The first kappa shape index (κ1) is 9.81. The summed E-state index contributed by atoms with van der Waals surface area (Å²) in [6.45, 7) is 1.20. The summed E-state index contributed by atoms with van der Waals surface area (Å²) in [6.07, 6.45) is 0. The fourth-order valence-corrected chi connectivity index (χ4v) is 1.08. The van der Waals surface area contributed by atoms with Crippen LogP contribution in [-0.2, 0) is 0 Å². The summed E-state index contributed by atoms with van der Waals surface area (Å²) in [4.78, 5) is -0.279. The molecule has 0 aliphatic heterocycles. The van der Waals surface area contributed by atoms with Crippen LogP contribution in [0.25, 0.3) is 0 Å². The van der Waals surface area contributed by atoms with Crippen LogP contribution in [0.2, 0.25) is 0 Å². The highest BCUT2D eigenvalue weighted by atomic mass is 32.1. The third-order valence-electron chi connectivity index (χ3n) is 1.61. The van der Waals surface area contributed by atoms with E-state index in [9.17, 15) is 13.2 Å². The van der Waals surface area contributed by atoms with E-state index in [1.54, 1.807) is 0 Å². The van der Waals surface area contributed by atoms with Crippen LogP contribution in [0.1, 0.15) is 11.1 Å². The van der Waals surface area contributed by atoms with Crippen molar-refractivity contribution in [1.29, 1.82) is 5.26 Å². The maximum Gasteiger partial charge on any atom is 0.196 e. The monoisotopic (exact) mass is 202 g/mol. The molecule has 0 N–H and O–H groups in total. The zero-order chi connectivity index (χ0) is 10.2. The van der Waals surface area contributed by atoms with Gasteiger partial charge in [-0.2, -0.15) is 5.26 Å². The molecule has 1 aromatic carbocycles. The van der Waals surface area contributed by atoms with Gasteiger partial charge in [0.15, 0.2) is 17.5 Å². The van der Waals surface area contributed by atoms with Gasteiger partial charge in [0.1, 0.15) is 11.6 Å². The van der Waals surface area contributed by atoms with Gasteiger partial charge in [0.05, 0.1) is 4.90 Å². The van der Waals surface area contributed by atoms with E-state index in [4.69, 9.17) is 5.26 Å². The Balaban J connectivity index is 3.69. The fourth-order valence-electron chi connectivity index (χ4n) is 0.857. The van der Waals surface area contributed by atoms with E-state index in [0.717, 1.165) is 0 Å². The van der Waals surface area contributed by atoms with Crippen LogP contribution < -0.4 is 0 Å². The van der Waals surface area contributed by atoms with Crippen LogP contribution in [0.4, 0.5) is 13.2 Å². The molecule has 67 valence electrons. The van der Waals surface area contributed by atoms with Crippen molar-refractivity contribution in [3.8, 4) is 6.07 Å². The molecule has 0 fully saturated rings. The second kappa shape index (κ2) is 3.23. The average Bonchev–Trinajstić information content (AvgIpc) is 2.13. The molecule has 1 aromatic rings. The summed E-state index contributed by atoms with van der Waals surface area (Å²) in [6, 6.07) is 1.39. The minimum atomic E-state index is -1.65. The largest absolute Gasteiger partial charge is 0.203 e. The Morgan fingerprint density at radius 1 is 1.15 bits per heavy atom. The molecule has 0 aliphatic rings. The van der Waals surface area contributed by atoms with Crippen molar-refractivity contribution in [1.82, 2.24) is 0 Å². The third-order valence-corrected chi connectivity index (χ3v) is 2.12. The zero-order valence-corrected chi connectivity index (χ0v) is 7.31. The van der Waals surface area contributed by atoms with Gasteiger partial charge in [-0.1, -0.05) is 12.6 Å². The van der Waals surface area contributed by atoms with Crippen LogP contribution in [0, 0.1) is 35.7 Å². The highest BCUT2D eigenvalue weighted by molar-refractivity contribution is 7.80. The van der Waals surface area contributed by atoms with E-state index in [1.165, 1.54) is 13.0 Å². The highest BCUT2D eigenvalue weighted by Crippen LogP contribution is 2.26. The number of nitrogens with zero attached hydrogens (tertiary/aromatic N) is 1. The molecule has 5 heteroatoms. The van der Waals surface area contributed by atoms with Gasteiger partial charge in [0.25, 0.3) is 0 Å². The number of hydrogen-bond acceptors (Lipinski definition) is 1. The van der Waals surface area contributed by atoms with E-state index < -0.39 is 23.0 Å². The minimum absolute atomic E-state index is 0.217. The van der Waals surface area contributed by atoms with E-state index in [1.807, 2.05) is 0 Å². The summed E-state index contributed by atoms with van der Waals surface area (Å²) >= 11 is 4.56. The van der Waals surface area contributed by atoms with Crippen molar-refractivity contribution in [2.24, 2.45) is 0 Å². The number of nitriles is 1. The molecule has 13 heavy (non-hydrogen) atoms. The summed E-state index contributed by atoms with van der Waals surface area (Å²) < 4.78 is 38.2. The Hall–Kier alpha value is -1.28. The van der Waals surface area contributed by atoms with Crippen LogP contribution in [-0.4, -0.2) is 0 Å². The molecular formula is C8H3F3NS. The number of hydrogen-bond donors (Lipinski definition) is 0. The second-order valence-electron chi connectivity index (χ2n) is 2.38. The smallest absolute Gasteiger partial charge is 0.196 e. The van der Waals surface area contributed by atoms with Crippen LogP contribution in [0.3, 0.4) is 0 Å². The molecule has 0 unspecified atom stereocenters. The van der Waals surface area contributed by atoms with Gasteiger partial charge >= 0.3 is 0 Å². The molecule has 0 saturated carbocycles. The second-order valence-corrected chi connectivity index (χ2v) is 2.79. The molecule has 0 bridgehead atoms. The van der Waals surface area contributed by atoms with Crippen molar-refractivity contribution in [3.63, 3.8) is 0 Å². The molecule has 1 rings (SSSR count).